The van der Waals surface area contributed by atoms with Crippen LogP contribution in [0.2, 0.25) is 0 Å². The van der Waals surface area contributed by atoms with E-state index in [2.05, 4.69) is 36.6 Å². The predicted molar refractivity (Wildman–Crippen MR) is 87.6 cm³/mol. The Kier molecular flexibility index (Phi) is 4.91. The van der Waals surface area contributed by atoms with Gasteiger partial charge in [0.2, 0.25) is 0 Å². The second-order valence-corrected chi connectivity index (χ2v) is 8.88. The Hall–Kier alpha value is -0.410. The third-order valence-corrected chi connectivity index (χ3v) is 6.82. The lowest BCUT2D eigenvalue weighted by atomic mass is 10.3. The molecule has 2 aromatic rings. The van der Waals surface area contributed by atoms with Crippen LogP contribution in [0, 0.1) is 6.92 Å². The first-order chi connectivity index (χ1) is 9.33. The number of nitrogens with one attached hydrogen (secondary N) is 1. The van der Waals surface area contributed by atoms with E-state index in [1.54, 1.807) is 31.2 Å². The molecule has 108 valence electrons. The summed E-state index contributed by atoms with van der Waals surface area (Å²) in [6, 6.07) is 6.79. The number of aliphatic hydroxyl groups excluding tert-OH is 1. The number of aliphatic hydroxyl groups is 1. The maximum Gasteiger partial charge on any atom is 0.271 e. The molecule has 2 N–H and O–H groups in total. The van der Waals surface area contributed by atoms with E-state index in [4.69, 9.17) is 5.11 Å². The minimum Gasteiger partial charge on any atom is -0.391 e. The van der Waals surface area contributed by atoms with Crippen LogP contribution in [-0.2, 0) is 16.6 Å². The quantitative estimate of drug-likeness (QED) is 0.758. The van der Waals surface area contributed by atoms with Crippen molar-refractivity contribution < 1.29 is 13.5 Å². The smallest absolute Gasteiger partial charge is 0.271 e. The summed E-state index contributed by atoms with van der Waals surface area (Å²) in [5, 5.41) is 9.15. The van der Waals surface area contributed by atoms with Gasteiger partial charge in [-0.3, -0.25) is 4.72 Å². The Morgan fingerprint density at radius 2 is 2.00 bits per heavy atom. The average Bonchev–Trinajstić information content (AvgIpc) is 2.76. The van der Waals surface area contributed by atoms with Crippen LogP contribution < -0.4 is 4.72 Å². The number of sulfonamides is 1. The highest BCUT2D eigenvalue weighted by Crippen LogP contribution is 2.31. The summed E-state index contributed by atoms with van der Waals surface area (Å²) in [4.78, 5) is 0.652. The molecule has 0 atom stereocenters. The Morgan fingerprint density at radius 3 is 2.60 bits per heavy atom. The molecule has 2 rings (SSSR count). The van der Waals surface area contributed by atoms with E-state index in [1.165, 1.54) is 0 Å². The SMILES string of the molecule is Cc1cc(S(=O)(=O)Nc2cc(Br)ccc2Br)sc1CO. The molecule has 0 amide bonds. The zero-order valence-electron chi connectivity index (χ0n) is 10.4. The van der Waals surface area contributed by atoms with E-state index < -0.39 is 10.0 Å². The number of rotatable bonds is 4. The summed E-state index contributed by atoms with van der Waals surface area (Å²) in [6.45, 7) is 1.61. The van der Waals surface area contributed by atoms with Gasteiger partial charge < -0.3 is 5.11 Å². The summed E-state index contributed by atoms with van der Waals surface area (Å²) >= 11 is 7.67. The van der Waals surface area contributed by atoms with Crippen molar-refractivity contribution in [2.75, 3.05) is 4.72 Å². The summed E-state index contributed by atoms with van der Waals surface area (Å²) in [5.74, 6) is 0. The molecule has 8 heteroatoms. The molecule has 0 saturated carbocycles. The maximum atomic E-state index is 12.3. The summed E-state index contributed by atoms with van der Waals surface area (Å²) in [6.07, 6.45) is 0. The minimum atomic E-state index is -3.66. The molecular formula is C12H11Br2NO3S2. The van der Waals surface area contributed by atoms with E-state index in [-0.39, 0.29) is 10.8 Å². The van der Waals surface area contributed by atoms with Gasteiger partial charge in [-0.15, -0.1) is 11.3 Å². The standard InChI is InChI=1S/C12H11Br2NO3S2/c1-7-4-12(19-11(7)6-16)20(17,18)15-10-5-8(13)2-3-9(10)14/h2-5,15-16H,6H2,1H3. The summed E-state index contributed by atoms with van der Waals surface area (Å²) in [5.41, 5.74) is 1.22. The van der Waals surface area contributed by atoms with Crippen molar-refractivity contribution in [2.45, 2.75) is 17.7 Å². The predicted octanol–water partition coefficient (Wildman–Crippen LogP) is 3.87. The van der Waals surface area contributed by atoms with Gasteiger partial charge in [0.05, 0.1) is 12.3 Å². The molecular weight excluding hydrogens is 430 g/mol. The van der Waals surface area contributed by atoms with Crippen molar-refractivity contribution in [3.8, 4) is 0 Å². The Balaban J connectivity index is 2.37. The minimum absolute atomic E-state index is 0.160. The van der Waals surface area contributed by atoms with Gasteiger partial charge in [-0.05, 0) is 52.7 Å². The van der Waals surface area contributed by atoms with Crippen LogP contribution in [0.4, 0.5) is 5.69 Å². The number of anilines is 1. The van der Waals surface area contributed by atoms with Crippen molar-refractivity contribution in [1.29, 1.82) is 0 Å². The van der Waals surface area contributed by atoms with E-state index in [0.29, 0.717) is 15.0 Å². The molecule has 0 aliphatic carbocycles. The largest absolute Gasteiger partial charge is 0.391 e. The van der Waals surface area contributed by atoms with Gasteiger partial charge in [0.15, 0.2) is 0 Å². The molecule has 0 radical (unpaired) electrons. The average molecular weight is 441 g/mol. The van der Waals surface area contributed by atoms with Gasteiger partial charge in [0.1, 0.15) is 4.21 Å². The number of hydrogen-bond acceptors (Lipinski definition) is 4. The Labute approximate surface area is 138 Å². The van der Waals surface area contributed by atoms with E-state index >= 15 is 0 Å². The summed E-state index contributed by atoms with van der Waals surface area (Å²) in [7, 11) is -3.66. The number of hydrogen-bond donors (Lipinski definition) is 2. The van der Waals surface area contributed by atoms with E-state index in [1.807, 2.05) is 0 Å². The normalized spacial score (nSPS) is 11.6. The number of aryl methyl sites for hydroxylation is 1. The maximum absolute atomic E-state index is 12.3. The molecule has 0 unspecified atom stereocenters. The lowest BCUT2D eigenvalue weighted by Crippen LogP contribution is -2.11. The topological polar surface area (TPSA) is 66.4 Å². The molecule has 0 saturated heterocycles. The molecule has 4 nitrogen and oxygen atoms in total. The lowest BCUT2D eigenvalue weighted by molar-refractivity contribution is 0.285. The first kappa shape index (κ1) is 16.0. The van der Waals surface area contributed by atoms with Gasteiger partial charge in [-0.2, -0.15) is 0 Å². The molecule has 20 heavy (non-hydrogen) atoms. The van der Waals surface area contributed by atoms with Crippen LogP contribution in [0.1, 0.15) is 10.4 Å². The molecule has 0 spiro atoms. The fourth-order valence-electron chi connectivity index (χ4n) is 1.55. The van der Waals surface area contributed by atoms with Crippen molar-refractivity contribution >= 4 is 58.9 Å². The summed E-state index contributed by atoms with van der Waals surface area (Å²) < 4.78 is 28.8. The van der Waals surface area contributed by atoms with E-state index in [9.17, 15) is 8.42 Å². The number of halogens is 2. The molecule has 1 aromatic heterocycles. The van der Waals surface area contributed by atoms with Crippen LogP contribution in [0.3, 0.4) is 0 Å². The molecule has 0 bridgehead atoms. The highest BCUT2D eigenvalue weighted by molar-refractivity contribution is 9.11. The van der Waals surface area contributed by atoms with Crippen molar-refractivity contribution in [2.24, 2.45) is 0 Å². The number of benzene rings is 1. The van der Waals surface area contributed by atoms with Crippen LogP contribution in [0.5, 0.6) is 0 Å². The zero-order chi connectivity index (χ0) is 14.9. The molecule has 1 heterocycles. The van der Waals surface area contributed by atoms with Gasteiger partial charge in [-0.25, -0.2) is 8.42 Å². The zero-order valence-corrected chi connectivity index (χ0v) is 15.2. The van der Waals surface area contributed by atoms with Gasteiger partial charge in [-0.1, -0.05) is 15.9 Å². The second kappa shape index (κ2) is 6.15. The Morgan fingerprint density at radius 1 is 1.30 bits per heavy atom. The van der Waals surface area contributed by atoms with Crippen molar-refractivity contribution in [3.63, 3.8) is 0 Å². The van der Waals surface area contributed by atoms with Crippen LogP contribution in [-0.4, -0.2) is 13.5 Å². The van der Waals surface area contributed by atoms with Crippen molar-refractivity contribution in [3.05, 3.63) is 43.7 Å². The third-order valence-electron chi connectivity index (χ3n) is 2.58. The highest BCUT2D eigenvalue weighted by Gasteiger charge is 2.20. The van der Waals surface area contributed by atoms with Gasteiger partial charge in [0.25, 0.3) is 10.0 Å². The van der Waals surface area contributed by atoms with E-state index in [0.717, 1.165) is 21.4 Å². The van der Waals surface area contributed by atoms with Gasteiger partial charge >= 0.3 is 0 Å². The number of thiophene rings is 1. The second-order valence-electron chi connectivity index (χ2n) is 4.06. The van der Waals surface area contributed by atoms with Crippen LogP contribution in [0.15, 0.2) is 37.4 Å². The molecule has 0 fully saturated rings. The lowest BCUT2D eigenvalue weighted by Gasteiger charge is -2.08. The monoisotopic (exact) mass is 439 g/mol. The molecule has 0 aliphatic rings. The van der Waals surface area contributed by atoms with Crippen molar-refractivity contribution in [1.82, 2.24) is 0 Å². The fraction of sp³-hybridized carbons (Fsp3) is 0.167. The Bertz CT molecular complexity index is 741. The van der Waals surface area contributed by atoms with Gasteiger partial charge in [0, 0.05) is 13.8 Å². The first-order valence-electron chi connectivity index (χ1n) is 5.51. The van der Waals surface area contributed by atoms with Crippen LogP contribution >= 0.6 is 43.2 Å². The first-order valence-corrected chi connectivity index (χ1v) is 9.40. The highest BCUT2D eigenvalue weighted by atomic mass is 79.9. The van der Waals surface area contributed by atoms with Crippen LogP contribution in [0.25, 0.3) is 0 Å². The third kappa shape index (κ3) is 3.43. The molecule has 0 aliphatic heterocycles. The molecule has 1 aromatic carbocycles. The fourth-order valence-corrected chi connectivity index (χ4v) is 4.91.